The minimum Gasteiger partial charge on any atom is -0.271 e. The summed E-state index contributed by atoms with van der Waals surface area (Å²) in [5, 5.41) is 16.3. The molecule has 0 spiro atoms. The molecule has 0 amide bonds. The number of halogens is 1. The summed E-state index contributed by atoms with van der Waals surface area (Å²) in [6.45, 7) is 2.52. The number of rotatable bonds is 4. The summed E-state index contributed by atoms with van der Waals surface area (Å²) in [6.07, 6.45) is 3.28. The highest BCUT2D eigenvalue weighted by Crippen LogP contribution is 2.31. The number of nitroso groups, excluding NO2 is 1. The lowest BCUT2D eigenvalue weighted by Gasteiger charge is -2.08. The molecule has 2 heterocycles. The average Bonchev–Trinajstić information content (AvgIpc) is 2.85. The number of pyridine rings is 1. The molecular formula is C12H10BrN5O. The van der Waals surface area contributed by atoms with Crippen LogP contribution in [0.4, 0.5) is 0 Å². The smallest absolute Gasteiger partial charge is 0.168 e. The maximum Gasteiger partial charge on any atom is 0.168 e. The van der Waals surface area contributed by atoms with Crippen LogP contribution in [0.3, 0.4) is 0 Å². The summed E-state index contributed by atoms with van der Waals surface area (Å²) in [4.78, 5) is 15.2. The van der Waals surface area contributed by atoms with Gasteiger partial charge in [-0.1, -0.05) is 11.2 Å². The van der Waals surface area contributed by atoms with Gasteiger partial charge in [0.2, 0.25) is 0 Å². The molecule has 0 radical (unpaired) electrons. The average molecular weight is 320 g/mol. The molecule has 96 valence electrons. The van der Waals surface area contributed by atoms with E-state index in [0.29, 0.717) is 22.3 Å². The number of nitrogens with zero attached hydrogens (tertiary/aromatic N) is 5. The predicted molar refractivity (Wildman–Crippen MR) is 72.2 cm³/mol. The van der Waals surface area contributed by atoms with E-state index in [2.05, 4.69) is 31.2 Å². The van der Waals surface area contributed by atoms with Crippen LogP contribution in [0.1, 0.15) is 29.8 Å². The Balaban J connectivity index is 2.55. The highest BCUT2D eigenvalue weighted by molar-refractivity contribution is 9.10. The number of hydrogen-bond acceptors (Lipinski definition) is 5. The minimum absolute atomic E-state index is 0.210. The summed E-state index contributed by atoms with van der Waals surface area (Å²) >= 11 is 3.29. The molecule has 0 aliphatic rings. The Morgan fingerprint density at radius 2 is 2.37 bits per heavy atom. The molecule has 1 unspecified atom stereocenters. The van der Waals surface area contributed by atoms with Gasteiger partial charge in [-0.2, -0.15) is 10.4 Å². The first-order chi connectivity index (χ1) is 9.21. The molecule has 0 fully saturated rings. The third kappa shape index (κ3) is 2.53. The monoisotopic (exact) mass is 319 g/mol. The van der Waals surface area contributed by atoms with Gasteiger partial charge in [-0.25, -0.2) is 4.98 Å². The van der Waals surface area contributed by atoms with Crippen LogP contribution in [0, 0.1) is 16.2 Å². The Labute approximate surface area is 118 Å². The fourth-order valence-electron chi connectivity index (χ4n) is 1.77. The van der Waals surface area contributed by atoms with Crippen LogP contribution < -0.4 is 0 Å². The van der Waals surface area contributed by atoms with Crippen LogP contribution in [0.5, 0.6) is 0 Å². The lowest BCUT2D eigenvalue weighted by atomic mass is 10.0. The van der Waals surface area contributed by atoms with Gasteiger partial charge in [-0.3, -0.25) is 4.68 Å². The van der Waals surface area contributed by atoms with Crippen molar-refractivity contribution in [2.24, 2.45) is 5.18 Å². The van der Waals surface area contributed by atoms with E-state index in [1.165, 1.54) is 0 Å². The maximum absolute atomic E-state index is 11.2. The van der Waals surface area contributed by atoms with Crippen LogP contribution in [0.15, 0.2) is 34.3 Å². The van der Waals surface area contributed by atoms with E-state index in [0.717, 1.165) is 0 Å². The fourth-order valence-corrected chi connectivity index (χ4v) is 2.24. The standard InChI is InChI=1S/C12H10BrN5O/c1-2-18-7-9(10(6-14)16-18)11(17-19)8-4-3-5-15-12(8)13/h3-5,7,11H,2H2,1H3. The van der Waals surface area contributed by atoms with Crippen molar-refractivity contribution in [1.29, 1.82) is 5.26 Å². The molecule has 19 heavy (non-hydrogen) atoms. The van der Waals surface area contributed by atoms with Gasteiger partial charge >= 0.3 is 0 Å². The quantitative estimate of drug-likeness (QED) is 0.640. The molecule has 6 nitrogen and oxygen atoms in total. The first-order valence-corrected chi connectivity index (χ1v) is 6.40. The molecule has 2 aromatic heterocycles. The molecule has 0 aliphatic carbocycles. The Kier molecular flexibility index (Phi) is 4.02. The molecule has 7 heteroatoms. The molecule has 0 aromatic carbocycles. The van der Waals surface area contributed by atoms with E-state index < -0.39 is 6.04 Å². The highest BCUT2D eigenvalue weighted by atomic mass is 79.9. The van der Waals surface area contributed by atoms with Crippen molar-refractivity contribution in [2.75, 3.05) is 0 Å². The third-order valence-electron chi connectivity index (χ3n) is 2.70. The van der Waals surface area contributed by atoms with E-state index in [1.54, 1.807) is 29.2 Å². The van der Waals surface area contributed by atoms with E-state index in [1.807, 2.05) is 13.0 Å². The zero-order valence-corrected chi connectivity index (χ0v) is 11.7. The van der Waals surface area contributed by atoms with Crippen LogP contribution in [-0.2, 0) is 6.54 Å². The Hall–Kier alpha value is -2.07. The van der Waals surface area contributed by atoms with Crippen LogP contribution >= 0.6 is 15.9 Å². The summed E-state index contributed by atoms with van der Waals surface area (Å²) in [7, 11) is 0. The van der Waals surface area contributed by atoms with Crippen molar-refractivity contribution in [3.63, 3.8) is 0 Å². The summed E-state index contributed by atoms with van der Waals surface area (Å²) < 4.78 is 2.14. The van der Waals surface area contributed by atoms with Crippen molar-refractivity contribution in [1.82, 2.24) is 14.8 Å². The largest absolute Gasteiger partial charge is 0.271 e. The second kappa shape index (κ2) is 5.71. The molecule has 0 aliphatic heterocycles. The Morgan fingerprint density at radius 3 is 2.95 bits per heavy atom. The number of aromatic nitrogens is 3. The maximum atomic E-state index is 11.2. The molecule has 0 saturated heterocycles. The predicted octanol–water partition coefficient (Wildman–Crippen LogP) is 2.79. The SMILES string of the molecule is CCn1cc(C(N=O)c2cccnc2Br)c(C#N)n1. The summed E-state index contributed by atoms with van der Waals surface area (Å²) in [5.41, 5.74) is 1.32. The minimum atomic E-state index is -0.793. The molecule has 0 N–H and O–H groups in total. The van der Waals surface area contributed by atoms with Crippen molar-refractivity contribution in [3.05, 3.63) is 50.9 Å². The molecule has 2 rings (SSSR count). The van der Waals surface area contributed by atoms with Crippen LogP contribution in [0.2, 0.25) is 0 Å². The molecular weight excluding hydrogens is 310 g/mol. The van der Waals surface area contributed by atoms with Gasteiger partial charge in [0.05, 0.1) is 0 Å². The van der Waals surface area contributed by atoms with Gasteiger partial charge in [0.15, 0.2) is 5.69 Å². The molecule has 0 saturated carbocycles. The highest BCUT2D eigenvalue weighted by Gasteiger charge is 2.24. The fraction of sp³-hybridized carbons (Fsp3) is 0.250. The van der Waals surface area contributed by atoms with Gasteiger partial charge in [0.25, 0.3) is 0 Å². The second-order valence-corrected chi connectivity index (χ2v) is 4.54. The first kappa shape index (κ1) is 13.4. The van der Waals surface area contributed by atoms with E-state index in [4.69, 9.17) is 5.26 Å². The first-order valence-electron chi connectivity index (χ1n) is 5.61. The van der Waals surface area contributed by atoms with E-state index in [-0.39, 0.29) is 5.69 Å². The lowest BCUT2D eigenvalue weighted by Crippen LogP contribution is -2.00. The van der Waals surface area contributed by atoms with E-state index >= 15 is 0 Å². The molecule has 0 bridgehead atoms. The van der Waals surface area contributed by atoms with Gasteiger partial charge in [0.1, 0.15) is 16.7 Å². The van der Waals surface area contributed by atoms with Crippen molar-refractivity contribution >= 4 is 15.9 Å². The van der Waals surface area contributed by atoms with Gasteiger partial charge in [-0.05, 0) is 28.9 Å². The zero-order valence-electron chi connectivity index (χ0n) is 10.1. The van der Waals surface area contributed by atoms with Gasteiger partial charge in [-0.15, -0.1) is 4.91 Å². The van der Waals surface area contributed by atoms with Crippen molar-refractivity contribution in [2.45, 2.75) is 19.5 Å². The molecule has 2 aromatic rings. The number of aryl methyl sites for hydroxylation is 1. The van der Waals surface area contributed by atoms with Gasteiger partial charge < -0.3 is 0 Å². The Bertz CT molecular complexity index is 646. The van der Waals surface area contributed by atoms with Crippen LogP contribution in [0.25, 0.3) is 0 Å². The van der Waals surface area contributed by atoms with Crippen molar-refractivity contribution < 1.29 is 0 Å². The van der Waals surface area contributed by atoms with Crippen molar-refractivity contribution in [3.8, 4) is 6.07 Å². The van der Waals surface area contributed by atoms with E-state index in [9.17, 15) is 4.91 Å². The number of hydrogen-bond donors (Lipinski definition) is 0. The normalized spacial score (nSPS) is 11.8. The third-order valence-corrected chi connectivity index (χ3v) is 3.36. The van der Waals surface area contributed by atoms with Gasteiger partial charge in [0, 0.05) is 30.1 Å². The van der Waals surface area contributed by atoms with Crippen LogP contribution in [-0.4, -0.2) is 14.8 Å². The summed E-state index contributed by atoms with van der Waals surface area (Å²) in [6, 6.07) is 4.65. The molecule has 1 atom stereocenters. The lowest BCUT2D eigenvalue weighted by molar-refractivity contribution is 0.656. The zero-order chi connectivity index (χ0) is 13.8. The number of nitriles is 1. The second-order valence-electron chi connectivity index (χ2n) is 3.79. The topological polar surface area (TPSA) is 83.9 Å². The summed E-state index contributed by atoms with van der Waals surface area (Å²) in [5.74, 6) is 0. The Morgan fingerprint density at radius 1 is 1.58 bits per heavy atom.